The maximum Gasteiger partial charge on any atom is 0.185 e. The van der Waals surface area contributed by atoms with Crippen LogP contribution in [0.5, 0.6) is 0 Å². The van der Waals surface area contributed by atoms with Gasteiger partial charge in [0.1, 0.15) is 0 Å². The van der Waals surface area contributed by atoms with Gasteiger partial charge in [0.2, 0.25) is 0 Å². The summed E-state index contributed by atoms with van der Waals surface area (Å²) in [5, 5.41) is 19.9. The molecule has 0 saturated heterocycles. The first-order valence-corrected chi connectivity index (χ1v) is 9.76. The summed E-state index contributed by atoms with van der Waals surface area (Å²) in [4.78, 5) is 8.00. The maximum atomic E-state index is 9.17. The highest BCUT2D eigenvalue weighted by atomic mass is 35.5. The molecule has 0 atom stereocenters. The molecule has 2 aromatic carbocycles. The zero-order valence-electron chi connectivity index (χ0n) is 14.4. The van der Waals surface area contributed by atoms with Crippen molar-refractivity contribution in [1.82, 2.24) is 4.98 Å². The number of thiazole rings is 1. The number of fused-ring (bicyclic) bond motifs is 1. The van der Waals surface area contributed by atoms with Gasteiger partial charge in [-0.2, -0.15) is 10.5 Å². The van der Waals surface area contributed by atoms with Gasteiger partial charge in [0.05, 0.1) is 23.3 Å². The molecule has 0 radical (unpaired) electrons. The van der Waals surface area contributed by atoms with Crippen LogP contribution in [0, 0.1) is 22.7 Å². The van der Waals surface area contributed by atoms with Gasteiger partial charge in [-0.1, -0.05) is 23.7 Å². The molecule has 1 aliphatic rings. The van der Waals surface area contributed by atoms with Crippen molar-refractivity contribution in [2.24, 2.45) is 0 Å². The average molecular weight is 391 g/mol. The fraction of sp³-hybridized carbons (Fsp3) is 0.190. The van der Waals surface area contributed by atoms with Gasteiger partial charge in [-0.25, -0.2) is 4.98 Å². The van der Waals surface area contributed by atoms with E-state index in [9.17, 15) is 5.26 Å². The lowest BCUT2D eigenvalue weighted by atomic mass is 9.98. The Morgan fingerprint density at radius 3 is 2.81 bits per heavy atom. The van der Waals surface area contributed by atoms with E-state index in [1.807, 2.05) is 36.5 Å². The lowest BCUT2D eigenvalue weighted by Crippen LogP contribution is -2.30. The third-order valence-corrected chi connectivity index (χ3v) is 6.05. The summed E-state index contributed by atoms with van der Waals surface area (Å²) < 4.78 is 0. The maximum absolute atomic E-state index is 9.17. The van der Waals surface area contributed by atoms with Crippen molar-refractivity contribution in [2.75, 3.05) is 11.4 Å². The smallest absolute Gasteiger partial charge is 0.185 e. The van der Waals surface area contributed by atoms with Crippen molar-refractivity contribution in [1.29, 1.82) is 10.5 Å². The molecule has 3 aromatic rings. The number of hydrogen-bond acceptors (Lipinski definition) is 5. The molecular weight excluding hydrogens is 376 g/mol. The standard InChI is InChI=1S/C21H15ClN4S/c22-20-9-16(11-24)7-17-13-26(5-4-19(17)20)21-25-12-18(27-21)8-14-2-1-3-15(6-14)10-23/h1-3,6-7,9,12H,4-5,8,13H2. The van der Waals surface area contributed by atoms with E-state index in [4.69, 9.17) is 16.9 Å². The van der Waals surface area contributed by atoms with Crippen LogP contribution in [0.15, 0.2) is 42.6 Å². The van der Waals surface area contributed by atoms with Crippen molar-refractivity contribution >= 4 is 28.1 Å². The van der Waals surface area contributed by atoms with Gasteiger partial charge < -0.3 is 4.90 Å². The Bertz CT molecular complexity index is 1090. The lowest BCUT2D eigenvalue weighted by Gasteiger charge is -2.29. The van der Waals surface area contributed by atoms with Crippen LogP contribution in [-0.4, -0.2) is 11.5 Å². The number of halogens is 1. The third kappa shape index (κ3) is 3.66. The molecule has 0 unspecified atom stereocenters. The van der Waals surface area contributed by atoms with E-state index in [0.29, 0.717) is 22.7 Å². The molecule has 27 heavy (non-hydrogen) atoms. The van der Waals surface area contributed by atoms with Gasteiger partial charge in [0, 0.05) is 35.6 Å². The molecule has 132 valence electrons. The largest absolute Gasteiger partial charge is 0.343 e. The number of aromatic nitrogens is 1. The van der Waals surface area contributed by atoms with Gasteiger partial charge in [-0.15, -0.1) is 11.3 Å². The van der Waals surface area contributed by atoms with E-state index in [0.717, 1.165) is 46.1 Å². The Hall–Kier alpha value is -2.86. The summed E-state index contributed by atoms with van der Waals surface area (Å²) in [6.07, 6.45) is 3.52. The highest BCUT2D eigenvalue weighted by Crippen LogP contribution is 2.32. The summed E-state index contributed by atoms with van der Waals surface area (Å²) in [5.74, 6) is 0. The van der Waals surface area contributed by atoms with Crippen LogP contribution < -0.4 is 4.90 Å². The molecule has 6 heteroatoms. The van der Waals surface area contributed by atoms with Gasteiger partial charge >= 0.3 is 0 Å². The highest BCUT2D eigenvalue weighted by Gasteiger charge is 2.21. The number of hydrogen-bond donors (Lipinski definition) is 0. The monoisotopic (exact) mass is 390 g/mol. The van der Waals surface area contributed by atoms with Crippen LogP contribution >= 0.6 is 22.9 Å². The van der Waals surface area contributed by atoms with Crippen molar-refractivity contribution in [3.8, 4) is 12.1 Å². The van der Waals surface area contributed by atoms with E-state index < -0.39 is 0 Å². The van der Waals surface area contributed by atoms with Crippen molar-refractivity contribution in [2.45, 2.75) is 19.4 Å². The van der Waals surface area contributed by atoms with Gasteiger partial charge in [0.25, 0.3) is 0 Å². The topological polar surface area (TPSA) is 63.7 Å². The Morgan fingerprint density at radius 1 is 1.15 bits per heavy atom. The summed E-state index contributed by atoms with van der Waals surface area (Å²) in [5.41, 5.74) is 4.62. The number of nitriles is 2. The van der Waals surface area contributed by atoms with Crippen molar-refractivity contribution in [3.63, 3.8) is 0 Å². The predicted octanol–water partition coefficient (Wildman–Crippen LogP) is 4.69. The second kappa shape index (κ2) is 7.40. The zero-order valence-corrected chi connectivity index (χ0v) is 16.0. The first-order chi connectivity index (χ1) is 13.2. The molecule has 0 bridgehead atoms. The van der Waals surface area contributed by atoms with E-state index in [1.54, 1.807) is 17.4 Å². The quantitative estimate of drug-likeness (QED) is 0.650. The summed E-state index contributed by atoms with van der Waals surface area (Å²) in [7, 11) is 0. The molecule has 0 N–H and O–H groups in total. The van der Waals surface area contributed by atoms with Crippen LogP contribution in [0.2, 0.25) is 5.02 Å². The van der Waals surface area contributed by atoms with Crippen LogP contribution in [-0.2, 0) is 19.4 Å². The predicted molar refractivity (Wildman–Crippen MR) is 107 cm³/mol. The Balaban J connectivity index is 1.53. The molecule has 0 amide bonds. The van der Waals surface area contributed by atoms with E-state index in [-0.39, 0.29) is 0 Å². The number of anilines is 1. The zero-order chi connectivity index (χ0) is 18.8. The second-order valence-electron chi connectivity index (χ2n) is 6.48. The molecule has 0 fully saturated rings. The Kier molecular flexibility index (Phi) is 4.81. The minimum atomic E-state index is 0.595. The summed E-state index contributed by atoms with van der Waals surface area (Å²) in [6.45, 7) is 1.57. The molecule has 0 saturated carbocycles. The SMILES string of the molecule is N#Cc1cccc(Cc2cnc(N3CCc4c(Cl)cc(C#N)cc4C3)s2)c1. The van der Waals surface area contributed by atoms with E-state index in [1.165, 1.54) is 0 Å². The van der Waals surface area contributed by atoms with Crippen LogP contribution in [0.4, 0.5) is 5.13 Å². The van der Waals surface area contributed by atoms with Gasteiger partial charge in [-0.05, 0) is 47.4 Å². The normalized spacial score (nSPS) is 12.9. The highest BCUT2D eigenvalue weighted by molar-refractivity contribution is 7.15. The third-order valence-electron chi connectivity index (χ3n) is 4.66. The lowest BCUT2D eigenvalue weighted by molar-refractivity contribution is 0.728. The molecule has 1 aliphatic heterocycles. The van der Waals surface area contributed by atoms with E-state index >= 15 is 0 Å². The van der Waals surface area contributed by atoms with Crippen molar-refractivity contribution in [3.05, 3.63) is 80.3 Å². The molecular formula is C21H15ClN4S. The van der Waals surface area contributed by atoms with Crippen molar-refractivity contribution < 1.29 is 0 Å². The average Bonchev–Trinajstić information content (AvgIpc) is 3.16. The molecule has 4 rings (SSSR count). The first kappa shape index (κ1) is 17.5. The van der Waals surface area contributed by atoms with Crippen LogP contribution in [0.25, 0.3) is 0 Å². The molecule has 0 aliphatic carbocycles. The van der Waals surface area contributed by atoms with Gasteiger partial charge in [-0.3, -0.25) is 0 Å². The molecule has 4 nitrogen and oxygen atoms in total. The van der Waals surface area contributed by atoms with E-state index in [2.05, 4.69) is 22.0 Å². The number of nitrogens with zero attached hydrogens (tertiary/aromatic N) is 4. The summed E-state index contributed by atoms with van der Waals surface area (Å²) >= 11 is 8.00. The van der Waals surface area contributed by atoms with Crippen LogP contribution in [0.3, 0.4) is 0 Å². The number of rotatable bonds is 3. The fourth-order valence-corrected chi connectivity index (χ4v) is 4.65. The molecule has 1 aromatic heterocycles. The Labute approximate surface area is 166 Å². The molecule has 0 spiro atoms. The summed E-state index contributed by atoms with van der Waals surface area (Å²) in [6, 6.07) is 15.7. The minimum Gasteiger partial charge on any atom is -0.343 e. The molecule has 2 heterocycles. The second-order valence-corrected chi connectivity index (χ2v) is 7.98. The number of benzene rings is 2. The Morgan fingerprint density at radius 2 is 2.00 bits per heavy atom. The fourth-order valence-electron chi connectivity index (χ4n) is 3.35. The first-order valence-electron chi connectivity index (χ1n) is 8.56. The van der Waals surface area contributed by atoms with Crippen LogP contribution in [0.1, 0.15) is 32.7 Å². The minimum absolute atomic E-state index is 0.595. The van der Waals surface area contributed by atoms with Gasteiger partial charge in [0.15, 0.2) is 5.13 Å².